The lowest BCUT2D eigenvalue weighted by atomic mass is 10.1. The van der Waals surface area contributed by atoms with Gasteiger partial charge in [-0.25, -0.2) is 0 Å². The van der Waals surface area contributed by atoms with E-state index in [4.69, 9.17) is 4.99 Å². The Bertz CT molecular complexity index is 775. The van der Waals surface area contributed by atoms with Gasteiger partial charge in [-0.1, -0.05) is 43.3 Å². The van der Waals surface area contributed by atoms with Crippen molar-refractivity contribution in [3.63, 3.8) is 0 Å². The highest BCUT2D eigenvalue weighted by molar-refractivity contribution is 7.10. The van der Waals surface area contributed by atoms with E-state index in [9.17, 15) is 4.79 Å². The topological polar surface area (TPSA) is 56.7 Å². The van der Waals surface area contributed by atoms with E-state index < -0.39 is 0 Å². The average molecular weight is 413 g/mol. The molecule has 0 saturated carbocycles. The molecular formula is C23H32N4OS. The zero-order valence-corrected chi connectivity index (χ0v) is 18.3. The second-order valence-electron chi connectivity index (χ2n) is 7.66. The van der Waals surface area contributed by atoms with Gasteiger partial charge in [-0.3, -0.25) is 9.79 Å². The summed E-state index contributed by atoms with van der Waals surface area (Å²) in [6, 6.07) is 14.6. The molecule has 0 aliphatic carbocycles. The van der Waals surface area contributed by atoms with Crippen molar-refractivity contribution in [2.75, 3.05) is 32.7 Å². The van der Waals surface area contributed by atoms with E-state index in [-0.39, 0.29) is 5.91 Å². The molecule has 2 heterocycles. The number of likely N-dealkylation sites (tertiary alicyclic amines) is 1. The normalized spacial score (nSPS) is 18.1. The molecule has 2 aromatic rings. The minimum atomic E-state index is 0.265. The number of hydrogen-bond acceptors (Lipinski definition) is 3. The molecule has 6 heteroatoms. The van der Waals surface area contributed by atoms with Gasteiger partial charge < -0.3 is 15.5 Å². The van der Waals surface area contributed by atoms with E-state index in [2.05, 4.69) is 66.3 Å². The first-order valence-corrected chi connectivity index (χ1v) is 11.4. The maximum atomic E-state index is 12.4. The predicted octanol–water partition coefficient (Wildman–Crippen LogP) is 3.50. The maximum Gasteiger partial charge on any atom is 0.223 e. The SMILES string of the molecule is CCNC(=NCC(C)c1cccs1)NCC1CC(=O)N(CCc2ccccc2)C1. The molecule has 156 valence electrons. The average Bonchev–Trinajstić information content (AvgIpc) is 3.39. The van der Waals surface area contributed by atoms with Crippen LogP contribution < -0.4 is 10.6 Å². The monoisotopic (exact) mass is 412 g/mol. The molecule has 0 radical (unpaired) electrons. The van der Waals surface area contributed by atoms with Gasteiger partial charge in [0.05, 0.1) is 6.54 Å². The Kier molecular flexibility index (Phi) is 8.11. The Morgan fingerprint density at radius 1 is 1.24 bits per heavy atom. The quantitative estimate of drug-likeness (QED) is 0.490. The first-order valence-electron chi connectivity index (χ1n) is 10.5. The number of thiophene rings is 1. The fraction of sp³-hybridized carbons (Fsp3) is 0.478. The standard InChI is InChI=1S/C23H32N4OS/c1-3-24-23(25-15-18(2)21-10-7-13-29-21)26-16-20-14-22(28)27(17-20)12-11-19-8-5-4-6-9-19/h4-10,13,18,20H,3,11-12,14-17H2,1-2H3,(H2,24,25,26). The fourth-order valence-corrected chi connectivity index (χ4v) is 4.37. The van der Waals surface area contributed by atoms with Gasteiger partial charge in [0, 0.05) is 49.3 Å². The summed E-state index contributed by atoms with van der Waals surface area (Å²) >= 11 is 1.78. The highest BCUT2D eigenvalue weighted by Gasteiger charge is 2.29. The summed E-state index contributed by atoms with van der Waals surface area (Å²) in [5, 5.41) is 8.87. The Balaban J connectivity index is 1.45. The van der Waals surface area contributed by atoms with Crippen LogP contribution in [-0.2, 0) is 11.2 Å². The van der Waals surface area contributed by atoms with Gasteiger partial charge in [0.1, 0.15) is 0 Å². The summed E-state index contributed by atoms with van der Waals surface area (Å²) in [6.07, 6.45) is 1.53. The van der Waals surface area contributed by atoms with Crippen molar-refractivity contribution >= 4 is 23.2 Å². The minimum Gasteiger partial charge on any atom is -0.357 e. The molecule has 1 aliphatic rings. The van der Waals surface area contributed by atoms with Gasteiger partial charge in [-0.05, 0) is 30.4 Å². The first kappa shape index (κ1) is 21.4. The molecular weight excluding hydrogens is 380 g/mol. The predicted molar refractivity (Wildman–Crippen MR) is 122 cm³/mol. The summed E-state index contributed by atoms with van der Waals surface area (Å²) in [4.78, 5) is 20.5. The molecule has 0 bridgehead atoms. The number of benzene rings is 1. The summed E-state index contributed by atoms with van der Waals surface area (Å²) in [5.74, 6) is 1.84. The van der Waals surface area contributed by atoms with E-state index in [1.807, 2.05) is 11.0 Å². The Morgan fingerprint density at radius 3 is 2.79 bits per heavy atom. The van der Waals surface area contributed by atoms with Crippen molar-refractivity contribution in [3.05, 3.63) is 58.3 Å². The second-order valence-corrected chi connectivity index (χ2v) is 8.64. The summed E-state index contributed by atoms with van der Waals surface area (Å²) in [5.41, 5.74) is 1.28. The van der Waals surface area contributed by atoms with Crippen LogP contribution in [0.4, 0.5) is 0 Å². The Labute approximate surface area is 178 Å². The fourth-order valence-electron chi connectivity index (χ4n) is 3.59. The van der Waals surface area contributed by atoms with Crippen LogP contribution in [0.3, 0.4) is 0 Å². The third kappa shape index (κ3) is 6.60. The third-order valence-electron chi connectivity index (χ3n) is 5.26. The number of nitrogens with zero attached hydrogens (tertiary/aromatic N) is 2. The van der Waals surface area contributed by atoms with Crippen molar-refractivity contribution in [2.45, 2.75) is 32.6 Å². The highest BCUT2D eigenvalue weighted by Crippen LogP contribution is 2.21. The maximum absolute atomic E-state index is 12.4. The van der Waals surface area contributed by atoms with E-state index in [1.54, 1.807) is 11.3 Å². The van der Waals surface area contributed by atoms with Crippen LogP contribution in [0, 0.1) is 5.92 Å². The van der Waals surface area contributed by atoms with Crippen molar-refractivity contribution in [3.8, 4) is 0 Å². The van der Waals surface area contributed by atoms with Crippen LogP contribution >= 0.6 is 11.3 Å². The Morgan fingerprint density at radius 2 is 2.07 bits per heavy atom. The van der Waals surface area contributed by atoms with Gasteiger partial charge in [0.25, 0.3) is 0 Å². The highest BCUT2D eigenvalue weighted by atomic mass is 32.1. The molecule has 3 rings (SSSR count). The molecule has 2 atom stereocenters. The van der Waals surface area contributed by atoms with Crippen molar-refractivity contribution in [1.29, 1.82) is 0 Å². The lowest BCUT2D eigenvalue weighted by Gasteiger charge is -2.18. The zero-order valence-electron chi connectivity index (χ0n) is 17.4. The number of rotatable bonds is 9. The number of carbonyl (C=O) groups excluding carboxylic acids is 1. The molecule has 2 unspecified atom stereocenters. The molecule has 0 spiro atoms. The zero-order chi connectivity index (χ0) is 20.5. The molecule has 1 aromatic heterocycles. The molecule has 1 amide bonds. The molecule has 1 aromatic carbocycles. The van der Waals surface area contributed by atoms with Crippen LogP contribution in [0.25, 0.3) is 0 Å². The number of nitrogens with one attached hydrogen (secondary N) is 2. The summed E-state index contributed by atoms with van der Waals surface area (Å²) in [6.45, 7) is 8.25. The van der Waals surface area contributed by atoms with Gasteiger partial charge in [0.2, 0.25) is 5.91 Å². The number of amides is 1. The van der Waals surface area contributed by atoms with Crippen LogP contribution in [0.15, 0.2) is 52.8 Å². The Hall–Kier alpha value is -2.34. The van der Waals surface area contributed by atoms with Gasteiger partial charge in [-0.15, -0.1) is 11.3 Å². The van der Waals surface area contributed by atoms with Crippen LogP contribution in [-0.4, -0.2) is 49.5 Å². The van der Waals surface area contributed by atoms with Gasteiger partial charge in [0.15, 0.2) is 5.96 Å². The number of carbonyl (C=O) groups is 1. The smallest absolute Gasteiger partial charge is 0.223 e. The van der Waals surface area contributed by atoms with E-state index >= 15 is 0 Å². The van der Waals surface area contributed by atoms with Crippen LogP contribution in [0.5, 0.6) is 0 Å². The minimum absolute atomic E-state index is 0.265. The molecule has 29 heavy (non-hydrogen) atoms. The molecule has 1 fully saturated rings. The van der Waals surface area contributed by atoms with Crippen molar-refractivity contribution < 1.29 is 4.79 Å². The van der Waals surface area contributed by atoms with E-state index in [0.717, 1.165) is 45.1 Å². The van der Waals surface area contributed by atoms with E-state index in [1.165, 1.54) is 10.4 Å². The lowest BCUT2D eigenvalue weighted by Crippen LogP contribution is -2.40. The number of guanidine groups is 1. The summed E-state index contributed by atoms with van der Waals surface area (Å²) < 4.78 is 0. The second kappa shape index (κ2) is 11.0. The first-order chi connectivity index (χ1) is 14.2. The molecule has 5 nitrogen and oxygen atoms in total. The van der Waals surface area contributed by atoms with Crippen LogP contribution in [0.2, 0.25) is 0 Å². The molecule has 2 N–H and O–H groups in total. The van der Waals surface area contributed by atoms with E-state index in [0.29, 0.717) is 18.3 Å². The molecule has 1 saturated heterocycles. The van der Waals surface area contributed by atoms with Gasteiger partial charge in [-0.2, -0.15) is 0 Å². The number of hydrogen-bond donors (Lipinski definition) is 2. The lowest BCUT2D eigenvalue weighted by molar-refractivity contribution is -0.127. The molecule has 1 aliphatic heterocycles. The largest absolute Gasteiger partial charge is 0.357 e. The summed E-state index contributed by atoms with van der Waals surface area (Å²) in [7, 11) is 0. The third-order valence-corrected chi connectivity index (χ3v) is 6.37. The van der Waals surface area contributed by atoms with Crippen LogP contribution in [0.1, 0.15) is 36.6 Å². The van der Waals surface area contributed by atoms with Gasteiger partial charge >= 0.3 is 0 Å². The van der Waals surface area contributed by atoms with Crippen molar-refractivity contribution in [1.82, 2.24) is 15.5 Å². The van der Waals surface area contributed by atoms with Crippen molar-refractivity contribution in [2.24, 2.45) is 10.9 Å². The number of aliphatic imine (C=N–C) groups is 1.